The van der Waals surface area contributed by atoms with Crippen LogP contribution in [0.4, 0.5) is 4.39 Å². The van der Waals surface area contributed by atoms with Crippen molar-refractivity contribution in [2.24, 2.45) is 0 Å². The average molecular weight is 404 g/mol. The van der Waals surface area contributed by atoms with Gasteiger partial charge in [0.05, 0.1) is 11.0 Å². The summed E-state index contributed by atoms with van der Waals surface area (Å²) in [6.07, 6.45) is 1.69. The number of rotatable bonds is 3. The molecule has 1 saturated heterocycles. The van der Waals surface area contributed by atoms with Gasteiger partial charge in [0.15, 0.2) is 0 Å². The fourth-order valence-corrected chi connectivity index (χ4v) is 4.78. The number of nitrogens with one attached hydrogen (secondary N) is 1. The van der Waals surface area contributed by atoms with Crippen LogP contribution in [0.1, 0.15) is 47.6 Å². The van der Waals surface area contributed by atoms with E-state index in [1.54, 1.807) is 6.07 Å². The van der Waals surface area contributed by atoms with Crippen molar-refractivity contribution in [3.8, 4) is 0 Å². The summed E-state index contributed by atoms with van der Waals surface area (Å²) < 4.78 is 15.6. The fourth-order valence-electron chi connectivity index (χ4n) is 4.78. The predicted molar refractivity (Wildman–Crippen MR) is 116 cm³/mol. The molecule has 1 aliphatic rings. The van der Waals surface area contributed by atoms with E-state index in [0.717, 1.165) is 58.4 Å². The van der Waals surface area contributed by atoms with E-state index in [1.165, 1.54) is 12.1 Å². The van der Waals surface area contributed by atoms with E-state index in [9.17, 15) is 9.18 Å². The quantitative estimate of drug-likeness (QED) is 0.522. The number of hydrogen-bond donors (Lipinski definition) is 1. The first-order valence-corrected chi connectivity index (χ1v) is 10.6. The Balaban J connectivity index is 1.37. The summed E-state index contributed by atoms with van der Waals surface area (Å²) in [4.78, 5) is 23.3. The predicted octanol–water partition coefficient (Wildman–Crippen LogP) is 5.00. The van der Waals surface area contributed by atoms with E-state index >= 15 is 0 Å². The molecular formula is C24H25FN4O. The molecule has 5 nitrogen and oxygen atoms in total. The third kappa shape index (κ3) is 2.98. The summed E-state index contributed by atoms with van der Waals surface area (Å²) in [5.74, 6) is 0.986. The number of halogens is 1. The minimum atomic E-state index is -0.264. The summed E-state index contributed by atoms with van der Waals surface area (Å²) >= 11 is 0. The number of piperidine rings is 1. The van der Waals surface area contributed by atoms with Crippen LogP contribution in [0.15, 0.2) is 42.5 Å². The molecule has 1 aliphatic heterocycles. The number of hydrogen-bond acceptors (Lipinski definition) is 2. The first-order valence-electron chi connectivity index (χ1n) is 10.6. The van der Waals surface area contributed by atoms with Gasteiger partial charge in [-0.15, -0.1) is 0 Å². The number of aryl methyl sites for hydroxylation is 2. The minimum absolute atomic E-state index is 0.107. The number of nitrogens with zero attached hydrogens (tertiary/aromatic N) is 3. The van der Waals surface area contributed by atoms with Gasteiger partial charge < -0.3 is 14.5 Å². The van der Waals surface area contributed by atoms with Crippen LogP contribution in [0, 0.1) is 12.7 Å². The van der Waals surface area contributed by atoms with E-state index in [-0.39, 0.29) is 17.6 Å². The van der Waals surface area contributed by atoms with Crippen molar-refractivity contribution in [3.05, 3.63) is 65.4 Å². The SMILES string of the molecule is CCn1c(C(=O)N2CCC(c3nc4ccc(F)cc4[nH]3)CC2)c(C)c2ccccc21. The van der Waals surface area contributed by atoms with Crippen molar-refractivity contribution in [1.29, 1.82) is 0 Å². The molecule has 0 spiro atoms. The van der Waals surface area contributed by atoms with Crippen LogP contribution in [0.2, 0.25) is 0 Å². The van der Waals surface area contributed by atoms with Crippen molar-refractivity contribution >= 4 is 27.8 Å². The van der Waals surface area contributed by atoms with Crippen LogP contribution in [0.5, 0.6) is 0 Å². The van der Waals surface area contributed by atoms with E-state index < -0.39 is 0 Å². The molecule has 0 radical (unpaired) electrons. The largest absolute Gasteiger partial charge is 0.342 e. The van der Waals surface area contributed by atoms with Gasteiger partial charge in [-0.25, -0.2) is 9.37 Å². The molecule has 0 saturated carbocycles. The average Bonchev–Trinajstić information content (AvgIpc) is 3.32. The number of carbonyl (C=O) groups is 1. The lowest BCUT2D eigenvalue weighted by Gasteiger charge is -2.31. The second kappa shape index (κ2) is 7.27. The van der Waals surface area contributed by atoms with Crippen molar-refractivity contribution in [2.45, 2.75) is 39.2 Å². The number of aromatic nitrogens is 3. The van der Waals surface area contributed by atoms with Gasteiger partial charge in [0, 0.05) is 36.5 Å². The van der Waals surface area contributed by atoms with Gasteiger partial charge in [-0.3, -0.25) is 4.79 Å². The lowest BCUT2D eigenvalue weighted by molar-refractivity contribution is 0.0700. The van der Waals surface area contributed by atoms with Gasteiger partial charge in [0.25, 0.3) is 5.91 Å². The number of imidazole rings is 1. The van der Waals surface area contributed by atoms with Crippen molar-refractivity contribution in [2.75, 3.05) is 13.1 Å². The number of fused-ring (bicyclic) bond motifs is 2. The van der Waals surface area contributed by atoms with Gasteiger partial charge in [-0.2, -0.15) is 0 Å². The van der Waals surface area contributed by atoms with Crippen LogP contribution in [0.25, 0.3) is 21.9 Å². The number of aromatic amines is 1. The molecule has 0 atom stereocenters. The molecule has 0 bridgehead atoms. The number of likely N-dealkylation sites (tertiary alicyclic amines) is 1. The Bertz CT molecular complexity index is 1250. The third-order valence-electron chi connectivity index (χ3n) is 6.37. The summed E-state index contributed by atoms with van der Waals surface area (Å²) in [5.41, 5.74) is 4.49. The molecular weight excluding hydrogens is 379 g/mol. The molecule has 30 heavy (non-hydrogen) atoms. The molecule has 5 rings (SSSR count). The van der Waals surface area contributed by atoms with Crippen LogP contribution < -0.4 is 0 Å². The zero-order chi connectivity index (χ0) is 20.8. The summed E-state index contributed by atoms with van der Waals surface area (Å²) in [6.45, 7) is 6.28. The molecule has 3 heterocycles. The van der Waals surface area contributed by atoms with Gasteiger partial charge in [-0.1, -0.05) is 18.2 Å². The highest BCUT2D eigenvalue weighted by atomic mass is 19.1. The Hall–Kier alpha value is -3.15. The highest BCUT2D eigenvalue weighted by Gasteiger charge is 2.29. The van der Waals surface area contributed by atoms with Crippen molar-refractivity contribution < 1.29 is 9.18 Å². The van der Waals surface area contributed by atoms with E-state index in [4.69, 9.17) is 0 Å². The number of amides is 1. The summed E-state index contributed by atoms with van der Waals surface area (Å²) in [7, 11) is 0. The molecule has 4 aromatic rings. The van der Waals surface area contributed by atoms with E-state index in [0.29, 0.717) is 13.1 Å². The van der Waals surface area contributed by atoms with Gasteiger partial charge in [-0.05, 0) is 56.5 Å². The van der Waals surface area contributed by atoms with Gasteiger partial charge in [0.1, 0.15) is 17.3 Å². The fraction of sp³-hybridized carbons (Fsp3) is 0.333. The lowest BCUT2D eigenvalue weighted by atomic mass is 9.96. The van der Waals surface area contributed by atoms with Gasteiger partial charge >= 0.3 is 0 Å². The maximum absolute atomic E-state index is 13.5. The Morgan fingerprint density at radius 2 is 1.97 bits per heavy atom. The number of benzene rings is 2. The molecule has 0 aliphatic carbocycles. The molecule has 2 aromatic carbocycles. The highest BCUT2D eigenvalue weighted by Crippen LogP contribution is 2.31. The zero-order valence-corrected chi connectivity index (χ0v) is 17.3. The zero-order valence-electron chi connectivity index (χ0n) is 17.3. The Morgan fingerprint density at radius 1 is 1.20 bits per heavy atom. The van der Waals surface area contributed by atoms with Crippen LogP contribution in [-0.2, 0) is 6.54 Å². The summed E-state index contributed by atoms with van der Waals surface area (Å²) in [6, 6.07) is 12.8. The third-order valence-corrected chi connectivity index (χ3v) is 6.37. The number of para-hydroxylation sites is 1. The topological polar surface area (TPSA) is 53.9 Å². The Morgan fingerprint density at radius 3 is 2.73 bits per heavy atom. The minimum Gasteiger partial charge on any atom is -0.342 e. The van der Waals surface area contributed by atoms with Crippen LogP contribution >= 0.6 is 0 Å². The second-order valence-electron chi connectivity index (χ2n) is 8.09. The van der Waals surface area contributed by atoms with E-state index in [2.05, 4.69) is 33.6 Å². The highest BCUT2D eigenvalue weighted by molar-refractivity contribution is 6.01. The van der Waals surface area contributed by atoms with Crippen molar-refractivity contribution in [1.82, 2.24) is 19.4 Å². The molecule has 6 heteroatoms. The first-order chi connectivity index (χ1) is 14.6. The smallest absolute Gasteiger partial charge is 0.270 e. The van der Waals surface area contributed by atoms with Crippen LogP contribution in [-0.4, -0.2) is 38.4 Å². The standard InChI is InChI=1S/C24H25FN4O/c1-3-29-21-7-5-4-6-18(21)15(2)22(29)24(30)28-12-10-16(11-13-28)23-26-19-9-8-17(25)14-20(19)27-23/h4-9,14,16H,3,10-13H2,1-2H3,(H,26,27). The molecule has 2 aromatic heterocycles. The lowest BCUT2D eigenvalue weighted by Crippen LogP contribution is -2.39. The normalized spacial score (nSPS) is 15.4. The van der Waals surface area contributed by atoms with Crippen molar-refractivity contribution in [3.63, 3.8) is 0 Å². The number of H-pyrrole nitrogens is 1. The maximum Gasteiger partial charge on any atom is 0.270 e. The Kier molecular flexibility index (Phi) is 4.57. The van der Waals surface area contributed by atoms with Gasteiger partial charge in [0.2, 0.25) is 0 Å². The first kappa shape index (κ1) is 18.9. The number of carbonyl (C=O) groups excluding carboxylic acids is 1. The molecule has 0 unspecified atom stereocenters. The van der Waals surface area contributed by atoms with Crippen LogP contribution in [0.3, 0.4) is 0 Å². The maximum atomic E-state index is 13.5. The second-order valence-corrected chi connectivity index (χ2v) is 8.09. The molecule has 1 N–H and O–H groups in total. The summed E-state index contributed by atoms with van der Waals surface area (Å²) in [5, 5.41) is 1.15. The molecule has 1 fully saturated rings. The molecule has 154 valence electrons. The Labute approximate surface area is 174 Å². The monoisotopic (exact) mass is 404 g/mol. The van der Waals surface area contributed by atoms with E-state index in [1.807, 2.05) is 24.0 Å². The molecule has 1 amide bonds.